The molecule has 3 N–H and O–H groups in total. The Morgan fingerprint density at radius 1 is 0.946 bits per heavy atom. The monoisotopic (exact) mass is 513 g/mol. The van der Waals surface area contributed by atoms with E-state index in [4.69, 9.17) is 10.5 Å². The zero-order chi connectivity index (χ0) is 27.2. The molecule has 0 aromatic heterocycles. The molecule has 0 radical (unpaired) electrons. The molecule has 4 saturated carbocycles. The number of carbonyl (C=O) groups is 1. The van der Waals surface area contributed by atoms with Gasteiger partial charge in [0.05, 0.1) is 6.10 Å². The van der Waals surface area contributed by atoms with Crippen molar-refractivity contribution in [3.05, 3.63) is 11.1 Å². The van der Waals surface area contributed by atoms with Crippen molar-refractivity contribution in [3.63, 3.8) is 0 Å². The largest absolute Gasteiger partial charge is 0.462 e. The van der Waals surface area contributed by atoms with Gasteiger partial charge in [0, 0.05) is 24.3 Å². The number of aliphatic hydroxyl groups excluding tert-OH is 1. The Hall–Kier alpha value is -0.870. The second-order valence-electron chi connectivity index (χ2n) is 15.6. The van der Waals surface area contributed by atoms with Gasteiger partial charge in [0.1, 0.15) is 6.10 Å². The summed E-state index contributed by atoms with van der Waals surface area (Å²) in [6.45, 7) is 19.3. The van der Waals surface area contributed by atoms with Gasteiger partial charge in [-0.3, -0.25) is 4.79 Å². The average Bonchev–Trinajstić information content (AvgIpc) is 3.22. The molecular formula is C33H55NO3. The molecule has 4 fully saturated rings. The van der Waals surface area contributed by atoms with Gasteiger partial charge in [-0.05, 0) is 104 Å². The minimum Gasteiger partial charge on any atom is -0.462 e. The second kappa shape index (κ2) is 8.82. The van der Waals surface area contributed by atoms with Gasteiger partial charge in [0.2, 0.25) is 0 Å². The van der Waals surface area contributed by atoms with E-state index in [0.717, 1.165) is 32.1 Å². The summed E-state index contributed by atoms with van der Waals surface area (Å²) < 4.78 is 5.91. The topological polar surface area (TPSA) is 72.5 Å². The maximum absolute atomic E-state index is 11.9. The summed E-state index contributed by atoms with van der Waals surface area (Å²) in [7, 11) is 0. The molecule has 0 spiro atoms. The van der Waals surface area contributed by atoms with E-state index in [1.165, 1.54) is 32.1 Å². The molecule has 9 unspecified atom stereocenters. The summed E-state index contributed by atoms with van der Waals surface area (Å²) in [5.74, 6) is 2.24. The Bertz CT molecular complexity index is 969. The van der Waals surface area contributed by atoms with Crippen LogP contribution in [0.2, 0.25) is 0 Å². The van der Waals surface area contributed by atoms with E-state index in [0.29, 0.717) is 30.2 Å². The fourth-order valence-corrected chi connectivity index (χ4v) is 11.8. The first-order valence-electron chi connectivity index (χ1n) is 15.5. The van der Waals surface area contributed by atoms with Gasteiger partial charge < -0.3 is 15.6 Å². The number of allylic oxidation sites excluding steroid dienone is 1. The third-order valence-corrected chi connectivity index (χ3v) is 13.8. The van der Waals surface area contributed by atoms with Gasteiger partial charge in [0.25, 0.3) is 0 Å². The van der Waals surface area contributed by atoms with Crippen LogP contribution in [0.25, 0.3) is 0 Å². The Morgan fingerprint density at radius 2 is 1.65 bits per heavy atom. The maximum Gasteiger partial charge on any atom is 0.302 e. The lowest BCUT2D eigenvalue weighted by atomic mass is 9.33. The molecule has 0 aromatic carbocycles. The molecule has 0 heterocycles. The number of hydrogen-bond donors (Lipinski definition) is 2. The highest BCUT2D eigenvalue weighted by molar-refractivity contribution is 5.66. The molecular weight excluding hydrogens is 458 g/mol. The molecule has 0 aliphatic heterocycles. The van der Waals surface area contributed by atoms with Crippen LogP contribution in [0.5, 0.6) is 0 Å². The van der Waals surface area contributed by atoms with Gasteiger partial charge in [0.15, 0.2) is 0 Å². The predicted octanol–water partition coefficient (Wildman–Crippen LogP) is 7.04. The van der Waals surface area contributed by atoms with Gasteiger partial charge >= 0.3 is 5.97 Å². The van der Waals surface area contributed by atoms with Crippen LogP contribution in [0.4, 0.5) is 0 Å². The SMILES string of the molecule is CC(=O)OC1CCC2(C)C(CCC3(C)C2CCC2C4=C(C(C)C)CCC4(C(O)CN)CCC23C)C1(C)C. The molecule has 0 bridgehead atoms. The molecule has 9 atom stereocenters. The quantitative estimate of drug-likeness (QED) is 0.312. The molecule has 37 heavy (non-hydrogen) atoms. The first-order chi connectivity index (χ1) is 17.2. The molecule has 4 nitrogen and oxygen atoms in total. The average molecular weight is 514 g/mol. The van der Waals surface area contributed by atoms with E-state index in [1.54, 1.807) is 18.1 Å². The van der Waals surface area contributed by atoms with Crippen molar-refractivity contribution in [2.75, 3.05) is 6.54 Å². The number of aliphatic hydroxyl groups is 1. The van der Waals surface area contributed by atoms with Gasteiger partial charge in [-0.25, -0.2) is 0 Å². The molecule has 0 saturated heterocycles. The summed E-state index contributed by atoms with van der Waals surface area (Å²) in [4.78, 5) is 11.9. The lowest BCUT2D eigenvalue weighted by molar-refractivity contribution is -0.234. The van der Waals surface area contributed by atoms with Crippen molar-refractivity contribution in [1.29, 1.82) is 0 Å². The van der Waals surface area contributed by atoms with Crippen molar-refractivity contribution in [1.82, 2.24) is 0 Å². The predicted molar refractivity (Wildman–Crippen MR) is 150 cm³/mol. The summed E-state index contributed by atoms with van der Waals surface area (Å²) in [6, 6.07) is 0. The van der Waals surface area contributed by atoms with Crippen molar-refractivity contribution >= 4 is 5.97 Å². The number of esters is 1. The van der Waals surface area contributed by atoms with Crippen LogP contribution >= 0.6 is 0 Å². The molecule has 4 heteroatoms. The Kier molecular flexibility index (Phi) is 6.60. The first kappa shape index (κ1) is 27.7. The molecule has 5 rings (SSSR count). The van der Waals surface area contributed by atoms with Crippen LogP contribution in [0.3, 0.4) is 0 Å². The van der Waals surface area contributed by atoms with E-state index < -0.39 is 6.10 Å². The summed E-state index contributed by atoms with van der Waals surface area (Å²) in [5, 5.41) is 11.4. The maximum atomic E-state index is 11.9. The van der Waals surface area contributed by atoms with Crippen molar-refractivity contribution < 1.29 is 14.6 Å². The number of hydrogen-bond acceptors (Lipinski definition) is 4. The van der Waals surface area contributed by atoms with E-state index in [1.807, 2.05) is 0 Å². The van der Waals surface area contributed by atoms with Crippen molar-refractivity contribution in [2.24, 2.45) is 56.5 Å². The first-order valence-corrected chi connectivity index (χ1v) is 15.5. The van der Waals surface area contributed by atoms with Crippen LogP contribution in [0, 0.1) is 50.7 Å². The van der Waals surface area contributed by atoms with E-state index in [9.17, 15) is 9.90 Å². The standard InChI is InChI=1S/C33H55NO3/c1-20(2)22-11-16-33(26(36)19-34)18-17-31(7)23(28(22)33)9-10-25-30(6)14-13-27(37-21(3)35)29(4,5)24(30)12-15-32(25,31)8/h20,23-27,36H,9-19,34H2,1-8H3. The normalized spacial score (nSPS) is 47.5. The molecule has 5 aliphatic rings. The number of fused-ring (bicyclic) bond motifs is 7. The van der Waals surface area contributed by atoms with Crippen molar-refractivity contribution in [2.45, 2.75) is 132 Å². The zero-order valence-electron chi connectivity index (χ0n) is 25.1. The van der Waals surface area contributed by atoms with Crippen molar-refractivity contribution in [3.8, 4) is 0 Å². The van der Waals surface area contributed by atoms with E-state index in [2.05, 4.69) is 48.5 Å². The van der Waals surface area contributed by atoms with E-state index in [-0.39, 0.29) is 39.1 Å². The molecule has 5 aliphatic carbocycles. The smallest absolute Gasteiger partial charge is 0.302 e. The number of ether oxygens (including phenoxy) is 1. The number of nitrogens with two attached hydrogens (primary N) is 1. The van der Waals surface area contributed by atoms with Gasteiger partial charge in [-0.2, -0.15) is 0 Å². The summed E-state index contributed by atoms with van der Waals surface area (Å²) in [5.41, 5.74) is 10.2. The summed E-state index contributed by atoms with van der Waals surface area (Å²) >= 11 is 0. The van der Waals surface area contributed by atoms with Crippen LogP contribution in [0.15, 0.2) is 11.1 Å². The van der Waals surface area contributed by atoms with Gasteiger partial charge in [-0.1, -0.05) is 59.6 Å². The highest BCUT2D eigenvalue weighted by atomic mass is 16.5. The molecule has 0 amide bonds. The van der Waals surface area contributed by atoms with Crippen LogP contribution in [0.1, 0.15) is 120 Å². The number of rotatable bonds is 4. The fourth-order valence-electron chi connectivity index (χ4n) is 11.8. The number of carbonyl (C=O) groups excluding carboxylic acids is 1. The van der Waals surface area contributed by atoms with Crippen LogP contribution in [-0.2, 0) is 9.53 Å². The third-order valence-electron chi connectivity index (χ3n) is 13.8. The Labute approximate surface area is 226 Å². The van der Waals surface area contributed by atoms with Gasteiger partial charge in [-0.15, -0.1) is 0 Å². The second-order valence-corrected chi connectivity index (χ2v) is 15.6. The minimum atomic E-state index is -0.417. The van der Waals surface area contributed by atoms with Crippen LogP contribution in [-0.4, -0.2) is 29.8 Å². The Morgan fingerprint density at radius 3 is 2.27 bits per heavy atom. The summed E-state index contributed by atoms with van der Waals surface area (Å²) in [6.07, 6.45) is 11.3. The fraction of sp³-hybridized carbons (Fsp3) is 0.909. The highest BCUT2D eigenvalue weighted by Crippen LogP contribution is 2.77. The highest BCUT2D eigenvalue weighted by Gasteiger charge is 2.70. The minimum absolute atomic E-state index is 0.00347. The molecule has 0 aromatic rings. The lowest BCUT2D eigenvalue weighted by Gasteiger charge is -2.72. The lowest BCUT2D eigenvalue weighted by Crippen LogP contribution is -2.66. The molecule has 210 valence electrons. The van der Waals surface area contributed by atoms with Crippen LogP contribution < -0.4 is 5.73 Å². The zero-order valence-corrected chi connectivity index (χ0v) is 25.1. The third kappa shape index (κ3) is 3.56. The van der Waals surface area contributed by atoms with E-state index >= 15 is 0 Å². The Balaban J connectivity index is 1.54.